The molecule has 3 N–H and O–H groups in total. The van der Waals surface area contributed by atoms with Gasteiger partial charge < -0.3 is 34.9 Å². The number of piperidine rings is 1. The number of carbonyl (C=O) groups is 5. The predicted molar refractivity (Wildman–Crippen MR) is 212 cm³/mol. The molecular weight excluding hydrogens is 736 g/mol. The molecule has 1 aliphatic heterocycles. The Morgan fingerprint density at radius 2 is 1.50 bits per heavy atom. The van der Waals surface area contributed by atoms with Crippen LogP contribution in [0.3, 0.4) is 0 Å². The van der Waals surface area contributed by atoms with Gasteiger partial charge in [-0.25, -0.2) is 9.78 Å². The van der Waals surface area contributed by atoms with Crippen LogP contribution in [0.2, 0.25) is 5.02 Å². The quantitative estimate of drug-likeness (QED) is 0.128. The van der Waals surface area contributed by atoms with Crippen LogP contribution in [0.4, 0.5) is 10.6 Å². The van der Waals surface area contributed by atoms with Crippen molar-refractivity contribution in [1.29, 1.82) is 0 Å². The van der Waals surface area contributed by atoms with Gasteiger partial charge in [-0.15, -0.1) is 0 Å². The molecule has 0 aliphatic carbocycles. The number of carbonyl (C=O) groups excluding carboxylic acids is 5. The lowest BCUT2D eigenvalue weighted by molar-refractivity contribution is -0.134. The van der Waals surface area contributed by atoms with Crippen LogP contribution in [-0.2, 0) is 30.5 Å². The van der Waals surface area contributed by atoms with Gasteiger partial charge in [-0.05, 0) is 82.9 Å². The van der Waals surface area contributed by atoms with Gasteiger partial charge in [0.15, 0.2) is 11.6 Å². The zero-order valence-corrected chi connectivity index (χ0v) is 33.0. The van der Waals surface area contributed by atoms with Crippen molar-refractivity contribution in [2.45, 2.75) is 77.3 Å². The van der Waals surface area contributed by atoms with Crippen molar-refractivity contribution in [3.05, 3.63) is 119 Å². The number of aromatic nitrogens is 2. The molecule has 4 aromatic rings. The lowest BCUT2D eigenvalue weighted by Gasteiger charge is -2.34. The monoisotopic (exact) mass is 784 g/mol. The Morgan fingerprint density at radius 1 is 0.875 bits per heavy atom. The second-order valence-electron chi connectivity index (χ2n) is 15.3. The predicted octanol–water partition coefficient (Wildman–Crippen LogP) is 6.19. The highest BCUT2D eigenvalue weighted by molar-refractivity contribution is 6.30. The standard InChI is InChI=1S/C42H49ClN6O7/c1-41(2,3)56-40(54)47-42(4,5)39(53)45-33(26-55-25-28-12-8-6-9-13-28)37(51)46-34-24-49(27-44-34)35(29-14-10-7-11-15-29)38(52)48-22-20-31(21-23-48)36(50)30-16-18-32(43)19-17-30/h6-19,24,27,31,33,35H,20-23,25-26H2,1-5H3,(H,45,53)(H,46,51)(H,47,54)/t33-,35?/m1/s1. The lowest BCUT2D eigenvalue weighted by atomic mass is 9.88. The van der Waals surface area contributed by atoms with Crippen LogP contribution in [0.5, 0.6) is 0 Å². The summed E-state index contributed by atoms with van der Waals surface area (Å²) < 4.78 is 12.8. The Kier molecular flexibility index (Phi) is 13.7. The Labute approximate surface area is 332 Å². The van der Waals surface area contributed by atoms with Gasteiger partial charge in [0, 0.05) is 35.8 Å². The van der Waals surface area contributed by atoms with Gasteiger partial charge in [-0.1, -0.05) is 72.3 Å². The van der Waals surface area contributed by atoms with Crippen molar-refractivity contribution in [2.24, 2.45) is 5.92 Å². The summed E-state index contributed by atoms with van der Waals surface area (Å²) >= 11 is 6.01. The SMILES string of the molecule is CC(C)(C)OC(=O)NC(C)(C)C(=O)N[C@H](COCc1ccccc1)C(=O)Nc1cn(C(C(=O)N2CCC(C(=O)c3ccc(Cl)cc3)CC2)c2ccccc2)cn1. The van der Waals surface area contributed by atoms with E-state index in [1.165, 1.54) is 20.2 Å². The zero-order valence-electron chi connectivity index (χ0n) is 32.3. The molecule has 0 radical (unpaired) electrons. The molecule has 3 aromatic carbocycles. The number of hydrogen-bond acceptors (Lipinski definition) is 8. The summed E-state index contributed by atoms with van der Waals surface area (Å²) in [6.45, 7) is 8.89. The topological polar surface area (TPSA) is 161 Å². The van der Waals surface area contributed by atoms with Gasteiger partial charge >= 0.3 is 6.09 Å². The molecule has 296 valence electrons. The van der Waals surface area contributed by atoms with Crippen molar-refractivity contribution in [3.63, 3.8) is 0 Å². The Morgan fingerprint density at radius 3 is 2.12 bits per heavy atom. The van der Waals surface area contributed by atoms with E-state index in [1.54, 1.807) is 60.7 Å². The molecular formula is C42H49ClN6O7. The molecule has 0 saturated carbocycles. The third kappa shape index (κ3) is 11.5. The van der Waals surface area contributed by atoms with E-state index >= 15 is 0 Å². The van der Waals surface area contributed by atoms with Gasteiger partial charge in [0.05, 0.1) is 19.5 Å². The van der Waals surface area contributed by atoms with Gasteiger partial charge in [-0.3, -0.25) is 19.2 Å². The van der Waals surface area contributed by atoms with Gasteiger partial charge in [0.1, 0.15) is 23.2 Å². The molecule has 56 heavy (non-hydrogen) atoms. The molecule has 1 fully saturated rings. The number of anilines is 1. The van der Waals surface area contributed by atoms with Gasteiger partial charge in [-0.2, -0.15) is 0 Å². The van der Waals surface area contributed by atoms with Crippen molar-refractivity contribution >= 4 is 47.0 Å². The van der Waals surface area contributed by atoms with E-state index in [-0.39, 0.29) is 36.6 Å². The van der Waals surface area contributed by atoms with E-state index in [1.807, 2.05) is 60.7 Å². The third-order valence-corrected chi connectivity index (χ3v) is 9.46. The van der Waals surface area contributed by atoms with E-state index in [4.69, 9.17) is 21.1 Å². The zero-order chi connectivity index (χ0) is 40.5. The van der Waals surface area contributed by atoms with Crippen molar-refractivity contribution in [1.82, 2.24) is 25.1 Å². The minimum absolute atomic E-state index is 0.0335. The molecule has 4 amide bonds. The number of ketones is 1. The van der Waals surface area contributed by atoms with E-state index in [9.17, 15) is 24.0 Å². The summed E-state index contributed by atoms with van der Waals surface area (Å²) in [5.41, 5.74) is -0.0554. The number of amides is 4. The largest absolute Gasteiger partial charge is 0.444 e. The van der Waals surface area contributed by atoms with Crippen molar-refractivity contribution in [2.75, 3.05) is 25.0 Å². The average molecular weight is 785 g/mol. The number of Topliss-reactive ketones (excluding diaryl/α,β-unsaturated/α-hetero) is 1. The van der Waals surface area contributed by atoms with Crippen molar-refractivity contribution < 1.29 is 33.4 Å². The van der Waals surface area contributed by atoms with Crippen LogP contribution < -0.4 is 16.0 Å². The van der Waals surface area contributed by atoms with Crippen LogP contribution in [0, 0.1) is 5.92 Å². The smallest absolute Gasteiger partial charge is 0.408 e. The first kappa shape index (κ1) is 41.6. The van der Waals surface area contributed by atoms with E-state index in [0.717, 1.165) is 5.56 Å². The fourth-order valence-electron chi connectivity index (χ4n) is 6.22. The number of benzene rings is 3. The fraction of sp³-hybridized carbons (Fsp3) is 0.381. The molecule has 0 bridgehead atoms. The Balaban J connectivity index is 1.29. The summed E-state index contributed by atoms with van der Waals surface area (Å²) in [7, 11) is 0. The molecule has 1 unspecified atom stereocenters. The molecule has 14 heteroatoms. The normalized spacial score (nSPS) is 14.6. The number of nitrogens with zero attached hydrogens (tertiary/aromatic N) is 3. The second-order valence-corrected chi connectivity index (χ2v) is 15.7. The number of nitrogens with one attached hydrogen (secondary N) is 3. The maximum Gasteiger partial charge on any atom is 0.408 e. The second kappa shape index (κ2) is 18.4. The fourth-order valence-corrected chi connectivity index (χ4v) is 6.35. The lowest BCUT2D eigenvalue weighted by Crippen LogP contribution is -2.59. The number of hydrogen-bond donors (Lipinski definition) is 3. The van der Waals surface area contributed by atoms with Crippen LogP contribution in [0.25, 0.3) is 0 Å². The Bertz CT molecular complexity index is 1970. The minimum atomic E-state index is -1.46. The summed E-state index contributed by atoms with van der Waals surface area (Å²) in [6, 6.07) is 23.4. The number of halogens is 1. The summed E-state index contributed by atoms with van der Waals surface area (Å²) in [5, 5.41) is 8.57. The maximum absolute atomic E-state index is 14.2. The summed E-state index contributed by atoms with van der Waals surface area (Å²) in [4.78, 5) is 73.3. The number of rotatable bonds is 14. The average Bonchev–Trinajstić information content (AvgIpc) is 3.61. The van der Waals surface area contributed by atoms with Crippen LogP contribution in [0.15, 0.2) is 97.5 Å². The number of likely N-dealkylation sites (tertiary alicyclic amines) is 1. The summed E-state index contributed by atoms with van der Waals surface area (Å²) in [6.07, 6.45) is 3.27. The van der Waals surface area contributed by atoms with Gasteiger partial charge in [0.2, 0.25) is 11.8 Å². The van der Waals surface area contributed by atoms with Gasteiger partial charge in [0.25, 0.3) is 5.91 Å². The molecule has 1 aliphatic rings. The van der Waals surface area contributed by atoms with Crippen LogP contribution in [-0.4, -0.2) is 80.9 Å². The first-order valence-electron chi connectivity index (χ1n) is 18.5. The highest BCUT2D eigenvalue weighted by atomic mass is 35.5. The number of imidazole rings is 1. The molecule has 1 aromatic heterocycles. The minimum Gasteiger partial charge on any atom is -0.444 e. The summed E-state index contributed by atoms with van der Waals surface area (Å²) in [5.74, 6) is -1.49. The van der Waals surface area contributed by atoms with E-state index < -0.39 is 41.1 Å². The number of alkyl carbamates (subject to hydrolysis) is 1. The molecule has 1 saturated heterocycles. The number of ether oxygens (including phenoxy) is 2. The van der Waals surface area contributed by atoms with Crippen molar-refractivity contribution in [3.8, 4) is 0 Å². The Hall–Kier alpha value is -5.53. The molecule has 0 spiro atoms. The molecule has 2 atom stereocenters. The molecule has 13 nitrogen and oxygen atoms in total. The van der Waals surface area contributed by atoms with E-state index in [0.29, 0.717) is 42.1 Å². The first-order valence-corrected chi connectivity index (χ1v) is 18.9. The highest BCUT2D eigenvalue weighted by Crippen LogP contribution is 2.28. The molecule has 2 heterocycles. The van der Waals surface area contributed by atoms with E-state index in [2.05, 4.69) is 20.9 Å². The van der Waals surface area contributed by atoms with Crippen LogP contribution in [0.1, 0.15) is 75.0 Å². The van der Waals surface area contributed by atoms with Crippen LogP contribution >= 0.6 is 11.6 Å². The maximum atomic E-state index is 14.2. The first-order chi connectivity index (χ1) is 26.6. The molecule has 5 rings (SSSR count). The third-order valence-electron chi connectivity index (χ3n) is 9.21. The highest BCUT2D eigenvalue weighted by Gasteiger charge is 2.36.